The van der Waals surface area contributed by atoms with Crippen molar-refractivity contribution in [3.05, 3.63) is 0 Å². The standard InChI is InChI=1S/C41H74/c1-5-7-9-11-13-15-25-41(26-16-14-12-10-8-6-2)39-28-32(4)18-23-37(39)38-24-22-36(30-40(38)41)35-21-20-33-27-31(3)17-19-34(33)29-35/h31-40H,5-30H2,1-4H3. The monoisotopic (exact) mass is 567 g/mol. The Hall–Kier alpha value is 0. The predicted octanol–water partition coefficient (Wildman–Crippen LogP) is 13.4. The van der Waals surface area contributed by atoms with Crippen LogP contribution in [0, 0.1) is 64.6 Å². The van der Waals surface area contributed by atoms with Gasteiger partial charge < -0.3 is 0 Å². The highest BCUT2D eigenvalue weighted by molar-refractivity contribution is 5.09. The molecule has 10 atom stereocenters. The van der Waals surface area contributed by atoms with E-state index in [-0.39, 0.29) is 0 Å². The fourth-order valence-electron chi connectivity index (χ4n) is 12.6. The summed E-state index contributed by atoms with van der Waals surface area (Å²) in [5, 5.41) is 0. The highest BCUT2D eigenvalue weighted by atomic mass is 14.7. The van der Waals surface area contributed by atoms with E-state index in [0.29, 0.717) is 0 Å². The van der Waals surface area contributed by atoms with Crippen molar-refractivity contribution < 1.29 is 0 Å². The Bertz CT molecular complexity index is 720. The van der Waals surface area contributed by atoms with Gasteiger partial charge in [-0.25, -0.2) is 0 Å². The summed E-state index contributed by atoms with van der Waals surface area (Å²) >= 11 is 0. The van der Waals surface area contributed by atoms with Gasteiger partial charge in [0.1, 0.15) is 0 Å². The zero-order valence-corrected chi connectivity index (χ0v) is 28.7. The van der Waals surface area contributed by atoms with E-state index < -0.39 is 0 Å². The van der Waals surface area contributed by atoms with E-state index >= 15 is 0 Å². The first-order chi connectivity index (χ1) is 20.1. The Morgan fingerprint density at radius 1 is 0.415 bits per heavy atom. The SMILES string of the molecule is CCCCCCCCC1(CCCCCCCC)C2CC(C)CCC2C2CCC(C3CCC4CC(C)CCC4C3)CC21. The van der Waals surface area contributed by atoms with Gasteiger partial charge >= 0.3 is 0 Å². The van der Waals surface area contributed by atoms with E-state index in [1.54, 1.807) is 96.3 Å². The molecule has 0 amide bonds. The average Bonchev–Trinajstić information content (AvgIpc) is 3.24. The lowest BCUT2D eigenvalue weighted by atomic mass is 9.56. The summed E-state index contributed by atoms with van der Waals surface area (Å²) in [5.41, 5.74) is 0.718. The van der Waals surface area contributed by atoms with Crippen molar-refractivity contribution in [2.45, 2.75) is 195 Å². The first kappa shape index (κ1) is 32.4. The zero-order chi connectivity index (χ0) is 28.7. The summed E-state index contributed by atoms with van der Waals surface area (Å²) in [6.45, 7) is 9.92. The van der Waals surface area contributed by atoms with Crippen molar-refractivity contribution in [3.8, 4) is 0 Å². The minimum Gasteiger partial charge on any atom is -0.0654 e. The van der Waals surface area contributed by atoms with Gasteiger partial charge in [-0.05, 0) is 142 Å². The van der Waals surface area contributed by atoms with Crippen molar-refractivity contribution in [2.24, 2.45) is 64.6 Å². The number of hydrogen-bond acceptors (Lipinski definition) is 0. The van der Waals surface area contributed by atoms with E-state index in [1.165, 1.54) is 70.6 Å². The van der Waals surface area contributed by atoms with Gasteiger partial charge in [0, 0.05) is 0 Å². The van der Waals surface area contributed by atoms with Crippen LogP contribution in [0.3, 0.4) is 0 Å². The third kappa shape index (κ3) is 7.81. The maximum atomic E-state index is 2.63. The molecule has 0 heterocycles. The molecule has 0 aromatic carbocycles. The van der Waals surface area contributed by atoms with Crippen LogP contribution in [0.4, 0.5) is 0 Å². The Morgan fingerprint density at radius 2 is 0.829 bits per heavy atom. The maximum Gasteiger partial charge on any atom is -0.0235 e. The predicted molar refractivity (Wildman–Crippen MR) is 180 cm³/mol. The molecule has 0 aliphatic heterocycles. The second kappa shape index (κ2) is 15.8. The number of fused-ring (bicyclic) bond motifs is 4. The molecule has 0 aromatic rings. The maximum absolute atomic E-state index is 2.63. The second-order valence-corrected chi connectivity index (χ2v) is 17.3. The first-order valence-corrected chi connectivity index (χ1v) is 20.1. The van der Waals surface area contributed by atoms with Crippen LogP contribution < -0.4 is 0 Å². The van der Waals surface area contributed by atoms with E-state index in [2.05, 4.69) is 27.7 Å². The largest absolute Gasteiger partial charge is 0.0654 e. The molecule has 0 spiro atoms. The average molecular weight is 567 g/mol. The first-order valence-electron chi connectivity index (χ1n) is 20.1. The van der Waals surface area contributed by atoms with Crippen molar-refractivity contribution in [3.63, 3.8) is 0 Å². The highest BCUT2D eigenvalue weighted by Gasteiger charge is 2.60. The lowest BCUT2D eigenvalue weighted by Crippen LogP contribution is -2.40. The topological polar surface area (TPSA) is 0 Å². The molecule has 0 radical (unpaired) electrons. The molecule has 5 saturated carbocycles. The third-order valence-electron chi connectivity index (χ3n) is 14.7. The summed E-state index contributed by atoms with van der Waals surface area (Å²) in [4.78, 5) is 0. The fraction of sp³-hybridized carbons (Fsp3) is 1.00. The van der Waals surface area contributed by atoms with Crippen LogP contribution in [-0.4, -0.2) is 0 Å². The van der Waals surface area contributed by atoms with Crippen LogP contribution in [0.1, 0.15) is 195 Å². The number of rotatable bonds is 15. The van der Waals surface area contributed by atoms with Crippen molar-refractivity contribution in [1.29, 1.82) is 0 Å². The van der Waals surface area contributed by atoms with Crippen molar-refractivity contribution in [2.75, 3.05) is 0 Å². The van der Waals surface area contributed by atoms with E-state index in [9.17, 15) is 0 Å². The Kier molecular flexibility index (Phi) is 12.5. The fourth-order valence-corrected chi connectivity index (χ4v) is 12.6. The van der Waals surface area contributed by atoms with E-state index in [1.807, 2.05) is 0 Å². The molecule has 0 bridgehead atoms. The van der Waals surface area contributed by atoms with Crippen LogP contribution in [-0.2, 0) is 0 Å². The van der Waals surface area contributed by atoms with Gasteiger partial charge in [-0.15, -0.1) is 0 Å². The summed E-state index contributed by atoms with van der Waals surface area (Å²) < 4.78 is 0. The van der Waals surface area contributed by atoms with Crippen LogP contribution in [0.25, 0.3) is 0 Å². The van der Waals surface area contributed by atoms with Gasteiger partial charge in [0.15, 0.2) is 0 Å². The molecule has 5 aliphatic carbocycles. The minimum atomic E-state index is 0.718. The molecule has 0 N–H and O–H groups in total. The van der Waals surface area contributed by atoms with Gasteiger partial charge in [0.05, 0.1) is 0 Å². The highest BCUT2D eigenvalue weighted by Crippen LogP contribution is 2.68. The van der Waals surface area contributed by atoms with E-state index in [0.717, 1.165) is 64.6 Å². The Morgan fingerprint density at radius 3 is 1.46 bits per heavy atom. The van der Waals surface area contributed by atoms with Crippen LogP contribution in [0.2, 0.25) is 0 Å². The lowest BCUT2D eigenvalue weighted by Gasteiger charge is -2.49. The molecular formula is C41H74. The normalized spacial score (nSPS) is 40.1. The summed E-state index contributed by atoms with van der Waals surface area (Å²) in [6, 6.07) is 0. The smallest absolute Gasteiger partial charge is 0.0235 e. The quantitative estimate of drug-likeness (QED) is 0.173. The molecule has 5 fully saturated rings. The van der Waals surface area contributed by atoms with Crippen LogP contribution in [0.15, 0.2) is 0 Å². The molecule has 5 aliphatic rings. The second-order valence-electron chi connectivity index (χ2n) is 17.3. The summed E-state index contributed by atoms with van der Waals surface area (Å²) in [6.07, 6.45) is 40.2. The zero-order valence-electron chi connectivity index (χ0n) is 28.7. The molecule has 0 heteroatoms. The van der Waals surface area contributed by atoms with Crippen molar-refractivity contribution >= 4 is 0 Å². The molecule has 0 saturated heterocycles. The Labute approximate surface area is 258 Å². The van der Waals surface area contributed by atoms with E-state index in [4.69, 9.17) is 0 Å². The Balaban J connectivity index is 1.30. The van der Waals surface area contributed by atoms with Gasteiger partial charge in [-0.3, -0.25) is 0 Å². The summed E-state index contributed by atoms with van der Waals surface area (Å²) in [7, 11) is 0. The molecular weight excluding hydrogens is 492 g/mol. The summed E-state index contributed by atoms with van der Waals surface area (Å²) in [5.74, 6) is 10.8. The third-order valence-corrected chi connectivity index (χ3v) is 14.7. The minimum absolute atomic E-state index is 0.718. The van der Waals surface area contributed by atoms with Gasteiger partial charge in [0.25, 0.3) is 0 Å². The molecule has 238 valence electrons. The van der Waals surface area contributed by atoms with Crippen LogP contribution in [0.5, 0.6) is 0 Å². The molecule has 0 nitrogen and oxygen atoms in total. The lowest BCUT2D eigenvalue weighted by molar-refractivity contribution is 0.00695. The number of unbranched alkanes of at least 4 members (excludes halogenated alkanes) is 10. The molecule has 0 aromatic heterocycles. The molecule has 10 unspecified atom stereocenters. The van der Waals surface area contributed by atoms with Gasteiger partial charge in [0.2, 0.25) is 0 Å². The van der Waals surface area contributed by atoms with Crippen LogP contribution >= 0.6 is 0 Å². The van der Waals surface area contributed by atoms with Gasteiger partial charge in [-0.1, -0.05) is 118 Å². The van der Waals surface area contributed by atoms with Gasteiger partial charge in [-0.2, -0.15) is 0 Å². The molecule has 41 heavy (non-hydrogen) atoms. The molecule has 5 rings (SSSR count). The van der Waals surface area contributed by atoms with Crippen molar-refractivity contribution in [1.82, 2.24) is 0 Å². The number of hydrogen-bond donors (Lipinski definition) is 0.